The molecular formula is C11H19NO2. The number of ether oxygens (including phenoxy) is 1. The van der Waals surface area contributed by atoms with E-state index in [2.05, 4.69) is 6.92 Å². The lowest BCUT2D eigenvalue weighted by Crippen LogP contribution is -2.21. The van der Waals surface area contributed by atoms with Gasteiger partial charge in [-0.1, -0.05) is 19.4 Å². The van der Waals surface area contributed by atoms with Gasteiger partial charge >= 0.3 is 5.97 Å². The van der Waals surface area contributed by atoms with Crippen LogP contribution in [0.4, 0.5) is 0 Å². The van der Waals surface area contributed by atoms with Gasteiger partial charge in [0.1, 0.15) is 0 Å². The minimum atomic E-state index is -0.110. The van der Waals surface area contributed by atoms with Crippen LogP contribution in [-0.4, -0.2) is 12.6 Å². The van der Waals surface area contributed by atoms with Crippen molar-refractivity contribution in [1.29, 1.82) is 0 Å². The van der Waals surface area contributed by atoms with Gasteiger partial charge < -0.3 is 10.5 Å². The van der Waals surface area contributed by atoms with E-state index in [-0.39, 0.29) is 11.9 Å². The van der Waals surface area contributed by atoms with Crippen LogP contribution in [0, 0.1) is 5.92 Å². The molecule has 0 aromatic heterocycles. The molecule has 0 saturated carbocycles. The van der Waals surface area contributed by atoms with Gasteiger partial charge in [-0.25, -0.2) is 0 Å². The van der Waals surface area contributed by atoms with Crippen molar-refractivity contribution in [3.63, 3.8) is 0 Å². The monoisotopic (exact) mass is 197 g/mol. The van der Waals surface area contributed by atoms with E-state index in [0.29, 0.717) is 6.61 Å². The van der Waals surface area contributed by atoms with E-state index < -0.39 is 0 Å². The average molecular weight is 197 g/mol. The summed E-state index contributed by atoms with van der Waals surface area (Å²) in [6.07, 6.45) is 6.63. The smallest absolute Gasteiger partial charge is 0.312 e. The van der Waals surface area contributed by atoms with Crippen molar-refractivity contribution in [2.24, 2.45) is 11.7 Å². The highest BCUT2D eigenvalue weighted by molar-refractivity contribution is 5.74. The first kappa shape index (κ1) is 11.1. The Labute approximate surface area is 85.3 Å². The number of rotatable bonds is 4. The first-order valence-electron chi connectivity index (χ1n) is 5.37. The zero-order valence-electron chi connectivity index (χ0n) is 8.79. The minimum Gasteiger partial charge on any atom is -0.465 e. The first-order chi connectivity index (χ1) is 6.74. The van der Waals surface area contributed by atoms with Crippen LogP contribution in [-0.2, 0) is 9.53 Å². The third-order valence-electron chi connectivity index (χ3n) is 2.44. The second kappa shape index (κ2) is 5.68. The molecule has 14 heavy (non-hydrogen) atoms. The molecule has 3 nitrogen and oxygen atoms in total. The fraction of sp³-hybridized carbons (Fsp3) is 0.727. The molecular weight excluding hydrogens is 178 g/mol. The maximum atomic E-state index is 11.5. The van der Waals surface area contributed by atoms with E-state index in [4.69, 9.17) is 10.5 Å². The molecule has 3 heteroatoms. The predicted molar refractivity (Wildman–Crippen MR) is 55.5 cm³/mol. The molecule has 0 fully saturated rings. The molecule has 0 bridgehead atoms. The lowest BCUT2D eigenvalue weighted by Gasteiger charge is -2.17. The number of hydrogen-bond donors (Lipinski definition) is 1. The Bertz CT molecular complexity index is 223. The number of allylic oxidation sites excluding steroid dienone is 1. The van der Waals surface area contributed by atoms with Gasteiger partial charge in [0.2, 0.25) is 0 Å². The zero-order chi connectivity index (χ0) is 10.4. The van der Waals surface area contributed by atoms with Crippen molar-refractivity contribution in [1.82, 2.24) is 0 Å². The minimum absolute atomic E-state index is 0.0967. The van der Waals surface area contributed by atoms with E-state index in [1.165, 1.54) is 0 Å². The summed E-state index contributed by atoms with van der Waals surface area (Å²) in [5, 5.41) is 0. The summed E-state index contributed by atoms with van der Waals surface area (Å²) in [5.41, 5.74) is 6.50. The molecule has 0 aromatic rings. The zero-order valence-corrected chi connectivity index (χ0v) is 8.79. The topological polar surface area (TPSA) is 52.3 Å². The Balaban J connectivity index is 2.33. The number of nitrogens with two attached hydrogens (primary N) is 1. The summed E-state index contributed by atoms with van der Waals surface area (Å²) >= 11 is 0. The second-order valence-electron chi connectivity index (χ2n) is 3.76. The summed E-state index contributed by atoms with van der Waals surface area (Å²) < 4.78 is 5.13. The van der Waals surface area contributed by atoms with Crippen molar-refractivity contribution in [3.05, 3.63) is 11.8 Å². The predicted octanol–water partition coefficient (Wildman–Crippen LogP) is 1.97. The summed E-state index contributed by atoms with van der Waals surface area (Å²) in [4.78, 5) is 11.5. The number of hydrogen-bond acceptors (Lipinski definition) is 3. The van der Waals surface area contributed by atoms with E-state index in [0.717, 1.165) is 37.8 Å². The van der Waals surface area contributed by atoms with Crippen LogP contribution >= 0.6 is 0 Å². The van der Waals surface area contributed by atoms with Crippen LogP contribution in [0.5, 0.6) is 0 Å². The molecule has 0 spiro atoms. The number of esters is 1. The third kappa shape index (κ3) is 3.40. The number of unbranched alkanes of at least 4 members (excludes halogenated alkanes) is 1. The summed E-state index contributed by atoms with van der Waals surface area (Å²) in [6.45, 7) is 2.62. The van der Waals surface area contributed by atoms with E-state index >= 15 is 0 Å². The molecule has 1 atom stereocenters. The molecule has 0 amide bonds. The van der Waals surface area contributed by atoms with Crippen LogP contribution in [0.15, 0.2) is 11.8 Å². The molecule has 0 radical (unpaired) electrons. The van der Waals surface area contributed by atoms with Gasteiger partial charge in [-0.2, -0.15) is 0 Å². The van der Waals surface area contributed by atoms with Crippen LogP contribution in [0.3, 0.4) is 0 Å². The van der Waals surface area contributed by atoms with Gasteiger partial charge in [-0.15, -0.1) is 0 Å². The van der Waals surface area contributed by atoms with Crippen molar-refractivity contribution in [2.75, 3.05) is 6.61 Å². The normalized spacial score (nSPS) is 21.5. The largest absolute Gasteiger partial charge is 0.465 e. The van der Waals surface area contributed by atoms with Crippen molar-refractivity contribution < 1.29 is 9.53 Å². The molecule has 0 aliphatic heterocycles. The van der Waals surface area contributed by atoms with Crippen LogP contribution in [0.1, 0.15) is 39.0 Å². The molecule has 2 N–H and O–H groups in total. The molecule has 1 aliphatic rings. The second-order valence-corrected chi connectivity index (χ2v) is 3.76. The molecule has 80 valence electrons. The van der Waals surface area contributed by atoms with E-state index in [1.54, 1.807) is 0 Å². The maximum absolute atomic E-state index is 11.5. The van der Waals surface area contributed by atoms with Gasteiger partial charge in [-0.3, -0.25) is 4.79 Å². The Morgan fingerprint density at radius 1 is 1.71 bits per heavy atom. The van der Waals surface area contributed by atoms with E-state index in [9.17, 15) is 4.79 Å². The Morgan fingerprint density at radius 3 is 3.14 bits per heavy atom. The van der Waals surface area contributed by atoms with E-state index in [1.807, 2.05) is 6.08 Å². The Morgan fingerprint density at radius 2 is 2.50 bits per heavy atom. The van der Waals surface area contributed by atoms with Gasteiger partial charge in [0.15, 0.2) is 0 Å². The van der Waals surface area contributed by atoms with Gasteiger partial charge in [-0.05, 0) is 25.7 Å². The molecule has 0 heterocycles. The highest BCUT2D eigenvalue weighted by atomic mass is 16.5. The van der Waals surface area contributed by atoms with Gasteiger partial charge in [0, 0.05) is 5.70 Å². The summed E-state index contributed by atoms with van der Waals surface area (Å²) in [6, 6.07) is 0. The quantitative estimate of drug-likeness (QED) is 0.553. The standard InChI is InChI=1S/C11H19NO2/c1-2-3-7-14-11(13)9-5-4-6-10(12)8-9/h8-9H,2-7,12H2,1H3. The lowest BCUT2D eigenvalue weighted by molar-refractivity contribution is -0.147. The average Bonchev–Trinajstić information content (AvgIpc) is 2.18. The van der Waals surface area contributed by atoms with Gasteiger partial charge in [0.25, 0.3) is 0 Å². The fourth-order valence-electron chi connectivity index (χ4n) is 1.56. The Hall–Kier alpha value is -0.990. The van der Waals surface area contributed by atoms with Crippen molar-refractivity contribution in [2.45, 2.75) is 39.0 Å². The molecule has 1 aliphatic carbocycles. The Kier molecular flexibility index (Phi) is 4.50. The lowest BCUT2D eigenvalue weighted by atomic mass is 9.94. The highest BCUT2D eigenvalue weighted by Gasteiger charge is 2.20. The summed E-state index contributed by atoms with van der Waals surface area (Å²) in [7, 11) is 0. The van der Waals surface area contributed by atoms with Crippen LogP contribution in [0.25, 0.3) is 0 Å². The first-order valence-corrected chi connectivity index (χ1v) is 5.37. The number of carbonyl (C=O) groups is 1. The van der Waals surface area contributed by atoms with Crippen LogP contribution < -0.4 is 5.73 Å². The molecule has 1 rings (SSSR count). The third-order valence-corrected chi connectivity index (χ3v) is 2.44. The highest BCUT2D eigenvalue weighted by Crippen LogP contribution is 2.21. The molecule has 0 aromatic carbocycles. The van der Waals surface area contributed by atoms with Crippen LogP contribution in [0.2, 0.25) is 0 Å². The maximum Gasteiger partial charge on any atom is 0.312 e. The van der Waals surface area contributed by atoms with Gasteiger partial charge in [0.05, 0.1) is 12.5 Å². The number of carbonyl (C=O) groups excluding carboxylic acids is 1. The molecule has 0 saturated heterocycles. The van der Waals surface area contributed by atoms with Crippen molar-refractivity contribution in [3.8, 4) is 0 Å². The molecule has 1 unspecified atom stereocenters. The SMILES string of the molecule is CCCCOC(=O)C1C=C(N)CCC1. The fourth-order valence-corrected chi connectivity index (χ4v) is 1.56. The summed E-state index contributed by atoms with van der Waals surface area (Å²) in [5.74, 6) is -0.207. The van der Waals surface area contributed by atoms with Crippen molar-refractivity contribution >= 4 is 5.97 Å².